The second-order valence-corrected chi connectivity index (χ2v) is 4.80. The van der Waals surface area contributed by atoms with E-state index < -0.39 is 11.9 Å². The van der Waals surface area contributed by atoms with E-state index in [9.17, 15) is 9.59 Å². The first-order valence-corrected chi connectivity index (χ1v) is 6.79. The number of hydrogen-bond donors (Lipinski definition) is 2. The summed E-state index contributed by atoms with van der Waals surface area (Å²) < 4.78 is 0. The lowest BCUT2D eigenvalue weighted by Crippen LogP contribution is -2.15. The number of aryl methyl sites for hydroxylation is 1. The fourth-order valence-electron chi connectivity index (χ4n) is 1.45. The van der Waals surface area contributed by atoms with Crippen LogP contribution in [0.2, 0.25) is 0 Å². The molecule has 0 aliphatic carbocycles. The number of carboxylic acid groups (broad SMARTS) is 1. The highest BCUT2D eigenvalue weighted by Crippen LogP contribution is 2.17. The smallest absolute Gasteiger partial charge is 0.356 e. The van der Waals surface area contributed by atoms with Gasteiger partial charge >= 0.3 is 5.97 Å². The lowest BCUT2D eigenvalue weighted by molar-refractivity contribution is 0.0689. The van der Waals surface area contributed by atoms with E-state index in [1.807, 2.05) is 5.38 Å². The minimum atomic E-state index is -1.19. The monoisotopic (exact) mass is 292 g/mol. The van der Waals surface area contributed by atoms with Gasteiger partial charge in [0, 0.05) is 5.38 Å². The van der Waals surface area contributed by atoms with Gasteiger partial charge in [0.15, 0.2) is 10.8 Å². The maximum Gasteiger partial charge on any atom is 0.356 e. The second-order valence-electron chi connectivity index (χ2n) is 3.94. The van der Waals surface area contributed by atoms with E-state index in [-0.39, 0.29) is 11.4 Å². The van der Waals surface area contributed by atoms with Crippen LogP contribution in [-0.4, -0.2) is 31.9 Å². The van der Waals surface area contributed by atoms with Crippen LogP contribution in [0.25, 0.3) is 0 Å². The Bertz CT molecular complexity index is 624. The third-order valence-electron chi connectivity index (χ3n) is 2.38. The Morgan fingerprint density at radius 1 is 1.30 bits per heavy atom. The van der Waals surface area contributed by atoms with Crippen molar-refractivity contribution >= 4 is 28.3 Å². The zero-order chi connectivity index (χ0) is 14.5. The van der Waals surface area contributed by atoms with Crippen molar-refractivity contribution in [3.63, 3.8) is 0 Å². The summed E-state index contributed by atoms with van der Waals surface area (Å²) in [5.41, 5.74) is 0.767. The number of aromatic nitrogens is 3. The van der Waals surface area contributed by atoms with Gasteiger partial charge in [0.2, 0.25) is 0 Å². The molecule has 0 bridgehead atoms. The first-order valence-electron chi connectivity index (χ1n) is 5.91. The molecule has 104 valence electrons. The molecule has 0 saturated carbocycles. The van der Waals surface area contributed by atoms with Crippen molar-refractivity contribution in [3.05, 3.63) is 34.9 Å². The summed E-state index contributed by atoms with van der Waals surface area (Å²) in [6, 6.07) is 0. The van der Waals surface area contributed by atoms with Gasteiger partial charge < -0.3 is 5.11 Å². The largest absolute Gasteiger partial charge is 0.476 e. The van der Waals surface area contributed by atoms with Crippen molar-refractivity contribution < 1.29 is 14.7 Å². The topological polar surface area (TPSA) is 105 Å². The highest BCUT2D eigenvalue weighted by atomic mass is 32.1. The first-order chi connectivity index (χ1) is 9.60. The van der Waals surface area contributed by atoms with Gasteiger partial charge in [-0.25, -0.2) is 19.7 Å². The van der Waals surface area contributed by atoms with Gasteiger partial charge in [-0.3, -0.25) is 10.1 Å². The van der Waals surface area contributed by atoms with Gasteiger partial charge in [0.1, 0.15) is 5.69 Å². The molecule has 2 N–H and O–H groups in total. The van der Waals surface area contributed by atoms with Crippen LogP contribution in [0.15, 0.2) is 17.8 Å². The van der Waals surface area contributed by atoms with Crippen LogP contribution in [0.4, 0.5) is 5.13 Å². The van der Waals surface area contributed by atoms with E-state index in [0.29, 0.717) is 5.13 Å². The van der Waals surface area contributed by atoms with Crippen LogP contribution >= 0.6 is 11.3 Å². The van der Waals surface area contributed by atoms with E-state index in [1.165, 1.54) is 11.3 Å². The van der Waals surface area contributed by atoms with Crippen LogP contribution in [0.5, 0.6) is 0 Å². The Balaban J connectivity index is 2.05. The molecule has 8 heteroatoms. The highest BCUT2D eigenvalue weighted by molar-refractivity contribution is 7.13. The number of nitrogens with one attached hydrogen (secondary N) is 1. The maximum atomic E-state index is 11.9. The standard InChI is InChI=1S/C12H12N4O3S/c1-2-3-7-6-20-12(15-7)16-10(17)8-4-14-9(5-13-8)11(18)19/h4-6H,2-3H2,1H3,(H,18,19)(H,15,16,17). The normalized spacial score (nSPS) is 10.2. The molecular weight excluding hydrogens is 280 g/mol. The number of anilines is 1. The third-order valence-corrected chi connectivity index (χ3v) is 3.19. The molecule has 0 aliphatic heterocycles. The predicted octanol–water partition coefficient (Wildman–Crippen LogP) is 1.84. The van der Waals surface area contributed by atoms with Crippen LogP contribution in [0, 0.1) is 0 Å². The van der Waals surface area contributed by atoms with Gasteiger partial charge in [0.05, 0.1) is 18.1 Å². The van der Waals surface area contributed by atoms with Crippen molar-refractivity contribution in [1.82, 2.24) is 15.0 Å². The third kappa shape index (κ3) is 3.35. The van der Waals surface area contributed by atoms with Gasteiger partial charge in [-0.15, -0.1) is 11.3 Å². The SMILES string of the molecule is CCCc1csc(NC(=O)c2cnc(C(=O)O)cn2)n1. The van der Waals surface area contributed by atoms with E-state index in [0.717, 1.165) is 30.9 Å². The summed E-state index contributed by atoms with van der Waals surface area (Å²) >= 11 is 1.34. The van der Waals surface area contributed by atoms with Gasteiger partial charge in [-0.05, 0) is 6.42 Å². The minimum Gasteiger partial charge on any atom is -0.476 e. The molecule has 2 aromatic heterocycles. The molecule has 0 saturated heterocycles. The molecule has 0 radical (unpaired) electrons. The number of amides is 1. The summed E-state index contributed by atoms with van der Waals surface area (Å²) in [7, 11) is 0. The number of nitrogens with zero attached hydrogens (tertiary/aromatic N) is 3. The number of rotatable bonds is 5. The Morgan fingerprint density at radius 2 is 2.00 bits per heavy atom. The van der Waals surface area contributed by atoms with Crippen molar-refractivity contribution in [3.8, 4) is 0 Å². The predicted molar refractivity (Wildman–Crippen MR) is 73.1 cm³/mol. The van der Waals surface area contributed by atoms with Crippen molar-refractivity contribution in [2.75, 3.05) is 5.32 Å². The molecule has 1 amide bonds. The fraction of sp³-hybridized carbons (Fsp3) is 0.250. The average molecular weight is 292 g/mol. The van der Waals surface area contributed by atoms with Crippen LogP contribution in [-0.2, 0) is 6.42 Å². The molecule has 0 aliphatic rings. The van der Waals surface area contributed by atoms with Crippen molar-refractivity contribution in [2.24, 2.45) is 0 Å². The molecule has 0 aromatic carbocycles. The summed E-state index contributed by atoms with van der Waals surface area (Å²) in [6.45, 7) is 2.05. The molecule has 20 heavy (non-hydrogen) atoms. The summed E-state index contributed by atoms with van der Waals surface area (Å²) in [6.07, 6.45) is 4.01. The number of hydrogen-bond acceptors (Lipinski definition) is 6. The van der Waals surface area contributed by atoms with Gasteiger partial charge in [0.25, 0.3) is 5.91 Å². The van der Waals surface area contributed by atoms with E-state index in [1.54, 1.807) is 0 Å². The number of thiazole rings is 1. The molecule has 2 heterocycles. The second kappa shape index (κ2) is 6.20. The zero-order valence-corrected chi connectivity index (χ0v) is 11.5. The van der Waals surface area contributed by atoms with Gasteiger partial charge in [-0.1, -0.05) is 13.3 Å². The quantitative estimate of drug-likeness (QED) is 0.871. The Kier molecular flexibility index (Phi) is 4.36. The van der Waals surface area contributed by atoms with E-state index in [2.05, 4.69) is 27.2 Å². The molecule has 0 atom stereocenters. The van der Waals surface area contributed by atoms with Crippen LogP contribution in [0.1, 0.15) is 40.0 Å². The van der Waals surface area contributed by atoms with E-state index >= 15 is 0 Å². The summed E-state index contributed by atoms with van der Waals surface area (Å²) in [4.78, 5) is 34.1. The summed E-state index contributed by atoms with van der Waals surface area (Å²) in [5.74, 6) is -1.65. The van der Waals surface area contributed by atoms with E-state index in [4.69, 9.17) is 5.11 Å². The summed E-state index contributed by atoms with van der Waals surface area (Å²) in [5, 5.41) is 13.7. The van der Waals surface area contributed by atoms with Gasteiger partial charge in [-0.2, -0.15) is 0 Å². The fourth-order valence-corrected chi connectivity index (χ4v) is 2.19. The minimum absolute atomic E-state index is 0.0437. The van der Waals surface area contributed by atoms with Crippen LogP contribution < -0.4 is 5.32 Å². The highest BCUT2D eigenvalue weighted by Gasteiger charge is 2.12. The molecule has 2 aromatic rings. The van der Waals surface area contributed by atoms with Crippen molar-refractivity contribution in [2.45, 2.75) is 19.8 Å². The number of carbonyl (C=O) groups excluding carboxylic acids is 1. The maximum absolute atomic E-state index is 11.9. The average Bonchev–Trinajstić information content (AvgIpc) is 2.86. The lowest BCUT2D eigenvalue weighted by atomic mass is 10.3. The molecule has 0 fully saturated rings. The first kappa shape index (κ1) is 14.1. The molecular formula is C12H12N4O3S. The molecule has 2 rings (SSSR count). The van der Waals surface area contributed by atoms with Crippen LogP contribution in [0.3, 0.4) is 0 Å². The molecule has 0 spiro atoms. The Morgan fingerprint density at radius 3 is 2.60 bits per heavy atom. The number of carboxylic acids is 1. The lowest BCUT2D eigenvalue weighted by Gasteiger charge is -2.00. The Labute approximate surface area is 118 Å². The van der Waals surface area contributed by atoms with Crippen molar-refractivity contribution in [1.29, 1.82) is 0 Å². The number of aromatic carboxylic acids is 1. The number of carbonyl (C=O) groups is 2. The zero-order valence-electron chi connectivity index (χ0n) is 10.7. The Hall–Kier alpha value is -2.35. The molecule has 0 unspecified atom stereocenters. The molecule has 7 nitrogen and oxygen atoms in total.